The monoisotopic (exact) mass is 403 g/mol. The zero-order valence-corrected chi connectivity index (χ0v) is 15.5. The molecule has 4 rings (SSSR count). The number of urea groups is 1. The molecule has 0 saturated carbocycles. The van der Waals surface area contributed by atoms with Crippen LogP contribution in [0.3, 0.4) is 0 Å². The van der Waals surface area contributed by atoms with Crippen LogP contribution in [0.5, 0.6) is 0 Å². The number of carbonyl (C=O) groups is 1. The molecule has 3 aromatic rings. The number of para-hydroxylation sites is 1. The van der Waals surface area contributed by atoms with Gasteiger partial charge in [-0.25, -0.2) is 4.79 Å². The molecule has 1 aliphatic heterocycles. The summed E-state index contributed by atoms with van der Waals surface area (Å²) in [5.41, 5.74) is 3.62. The van der Waals surface area contributed by atoms with Crippen molar-refractivity contribution in [2.45, 2.75) is 19.4 Å². The molecule has 0 spiro atoms. The maximum atomic E-state index is 12.5. The van der Waals surface area contributed by atoms with E-state index in [4.69, 9.17) is 0 Å². The molecule has 2 aromatic heterocycles. The summed E-state index contributed by atoms with van der Waals surface area (Å²) in [6.07, 6.45) is 1.76. The van der Waals surface area contributed by atoms with Crippen LogP contribution in [0.2, 0.25) is 0 Å². The molecule has 0 aliphatic carbocycles. The number of aromatic amines is 1. The van der Waals surface area contributed by atoms with Crippen molar-refractivity contribution in [3.05, 3.63) is 56.3 Å². The average molecular weight is 404 g/mol. The molecule has 24 heavy (non-hydrogen) atoms. The second-order valence-electron chi connectivity index (χ2n) is 5.98. The van der Waals surface area contributed by atoms with Gasteiger partial charge in [-0.05, 0) is 39.9 Å². The van der Waals surface area contributed by atoms with Gasteiger partial charge in [0, 0.05) is 52.0 Å². The topological polar surface area (TPSA) is 48.1 Å². The molecule has 4 nitrogen and oxygen atoms in total. The molecule has 0 fully saturated rings. The average Bonchev–Trinajstić information content (AvgIpc) is 3.22. The number of aromatic nitrogens is 1. The fourth-order valence-corrected chi connectivity index (χ4v) is 4.41. The van der Waals surface area contributed by atoms with Crippen LogP contribution in [0.15, 0.2) is 40.2 Å². The number of hydrogen-bond donors (Lipinski definition) is 2. The van der Waals surface area contributed by atoms with Crippen molar-refractivity contribution in [1.29, 1.82) is 0 Å². The first-order valence-electron chi connectivity index (χ1n) is 8.05. The van der Waals surface area contributed by atoms with E-state index < -0.39 is 0 Å². The summed E-state index contributed by atoms with van der Waals surface area (Å²) in [5.74, 6) is 0. The van der Waals surface area contributed by atoms with E-state index in [-0.39, 0.29) is 6.03 Å². The highest BCUT2D eigenvalue weighted by atomic mass is 79.9. The molecular formula is C18H18BrN3OS. The second-order valence-corrected chi connectivity index (χ2v) is 7.86. The minimum Gasteiger partial charge on any atom is -0.357 e. The Labute approximate surface area is 153 Å². The zero-order valence-electron chi connectivity index (χ0n) is 13.1. The van der Waals surface area contributed by atoms with E-state index in [1.807, 2.05) is 23.1 Å². The molecule has 2 N–H and O–H groups in total. The van der Waals surface area contributed by atoms with Crippen LogP contribution < -0.4 is 5.32 Å². The molecule has 124 valence electrons. The summed E-state index contributed by atoms with van der Waals surface area (Å²) in [6, 6.07) is 10.4. The van der Waals surface area contributed by atoms with Crippen LogP contribution in [0.1, 0.15) is 16.1 Å². The van der Waals surface area contributed by atoms with Gasteiger partial charge in [0.1, 0.15) is 0 Å². The molecule has 0 unspecified atom stereocenters. The van der Waals surface area contributed by atoms with E-state index in [9.17, 15) is 4.79 Å². The minimum atomic E-state index is 0.0292. The first-order valence-corrected chi connectivity index (χ1v) is 9.73. The van der Waals surface area contributed by atoms with Crippen LogP contribution in [0.25, 0.3) is 10.9 Å². The summed E-state index contributed by atoms with van der Waals surface area (Å²) in [4.78, 5) is 19.2. The minimum absolute atomic E-state index is 0.0292. The van der Waals surface area contributed by atoms with Gasteiger partial charge < -0.3 is 15.2 Å². The van der Waals surface area contributed by atoms with Crippen molar-refractivity contribution in [1.82, 2.24) is 15.2 Å². The molecule has 0 atom stereocenters. The van der Waals surface area contributed by atoms with Crippen molar-refractivity contribution in [2.24, 2.45) is 0 Å². The lowest BCUT2D eigenvalue weighted by Gasteiger charge is -2.27. The summed E-state index contributed by atoms with van der Waals surface area (Å²) in [7, 11) is 0. The summed E-state index contributed by atoms with van der Waals surface area (Å²) >= 11 is 5.33. The highest BCUT2D eigenvalue weighted by molar-refractivity contribution is 9.10. The molecule has 0 radical (unpaired) electrons. The Morgan fingerprint density at radius 2 is 2.25 bits per heavy atom. The first kappa shape index (κ1) is 15.7. The number of thiophene rings is 1. The van der Waals surface area contributed by atoms with Gasteiger partial charge in [0.25, 0.3) is 0 Å². The lowest BCUT2D eigenvalue weighted by Crippen LogP contribution is -2.43. The molecule has 2 amide bonds. The molecule has 1 aromatic carbocycles. The van der Waals surface area contributed by atoms with Crippen molar-refractivity contribution in [3.8, 4) is 0 Å². The number of amides is 2. The Bertz CT molecular complexity index is 872. The van der Waals surface area contributed by atoms with Crippen LogP contribution in [-0.4, -0.2) is 29.0 Å². The Morgan fingerprint density at radius 3 is 3.08 bits per heavy atom. The highest BCUT2D eigenvalue weighted by Crippen LogP contribution is 2.31. The van der Waals surface area contributed by atoms with Crippen molar-refractivity contribution in [3.63, 3.8) is 0 Å². The third-order valence-electron chi connectivity index (χ3n) is 4.47. The molecule has 1 aliphatic rings. The van der Waals surface area contributed by atoms with Crippen LogP contribution in [0, 0.1) is 0 Å². The molecule has 0 bridgehead atoms. The van der Waals surface area contributed by atoms with Gasteiger partial charge >= 0.3 is 6.03 Å². The number of fused-ring (bicyclic) bond motifs is 3. The SMILES string of the molecule is O=C(NCCc1cccs1)N1CCc2[nH]c3c(Br)cccc3c2C1. The van der Waals surface area contributed by atoms with Gasteiger partial charge in [-0.15, -0.1) is 11.3 Å². The normalized spacial score (nSPS) is 14.0. The Kier molecular flexibility index (Phi) is 4.33. The van der Waals surface area contributed by atoms with Crippen molar-refractivity contribution in [2.75, 3.05) is 13.1 Å². The van der Waals surface area contributed by atoms with E-state index in [1.54, 1.807) is 11.3 Å². The Hall–Kier alpha value is -1.79. The Balaban J connectivity index is 1.44. The molecule has 6 heteroatoms. The Morgan fingerprint density at radius 1 is 1.33 bits per heavy atom. The van der Waals surface area contributed by atoms with E-state index in [0.29, 0.717) is 13.1 Å². The lowest BCUT2D eigenvalue weighted by molar-refractivity contribution is 0.192. The number of nitrogens with one attached hydrogen (secondary N) is 2. The number of carbonyl (C=O) groups excluding carboxylic acids is 1. The lowest BCUT2D eigenvalue weighted by atomic mass is 10.0. The third kappa shape index (κ3) is 2.96. The number of nitrogens with zero attached hydrogens (tertiary/aromatic N) is 1. The van der Waals surface area contributed by atoms with E-state index in [0.717, 1.165) is 29.4 Å². The predicted molar refractivity (Wildman–Crippen MR) is 102 cm³/mol. The zero-order chi connectivity index (χ0) is 16.5. The predicted octanol–water partition coefficient (Wildman–Crippen LogP) is 4.30. The summed E-state index contributed by atoms with van der Waals surface area (Å²) in [5, 5.41) is 6.32. The standard InChI is InChI=1S/C18H18BrN3OS/c19-15-5-1-4-13-14-11-22(9-7-16(14)21-17(13)15)18(23)20-8-6-12-3-2-10-24-12/h1-5,10,21H,6-9,11H2,(H,20,23). The second kappa shape index (κ2) is 6.61. The maximum absolute atomic E-state index is 12.5. The quantitative estimate of drug-likeness (QED) is 0.672. The number of halogens is 1. The summed E-state index contributed by atoms with van der Waals surface area (Å²) < 4.78 is 1.07. The molecule has 0 saturated heterocycles. The van der Waals surface area contributed by atoms with Gasteiger partial charge in [0.2, 0.25) is 0 Å². The fourth-order valence-electron chi connectivity index (χ4n) is 3.23. The van der Waals surface area contributed by atoms with Gasteiger partial charge in [-0.1, -0.05) is 18.2 Å². The third-order valence-corrected chi connectivity index (χ3v) is 6.07. The number of H-pyrrole nitrogens is 1. The fraction of sp³-hybridized carbons (Fsp3) is 0.278. The van der Waals surface area contributed by atoms with E-state index in [1.165, 1.54) is 21.5 Å². The van der Waals surface area contributed by atoms with E-state index >= 15 is 0 Å². The van der Waals surface area contributed by atoms with Crippen LogP contribution >= 0.6 is 27.3 Å². The summed E-state index contributed by atoms with van der Waals surface area (Å²) in [6.45, 7) is 2.10. The largest absolute Gasteiger partial charge is 0.357 e. The molecular weight excluding hydrogens is 386 g/mol. The highest BCUT2D eigenvalue weighted by Gasteiger charge is 2.24. The van der Waals surface area contributed by atoms with Crippen LogP contribution in [0.4, 0.5) is 4.79 Å². The van der Waals surface area contributed by atoms with Gasteiger partial charge in [-0.3, -0.25) is 0 Å². The van der Waals surface area contributed by atoms with Crippen LogP contribution in [-0.2, 0) is 19.4 Å². The van der Waals surface area contributed by atoms with Gasteiger partial charge in [0.05, 0.1) is 5.52 Å². The number of hydrogen-bond acceptors (Lipinski definition) is 2. The number of rotatable bonds is 3. The van der Waals surface area contributed by atoms with E-state index in [2.05, 4.69) is 43.7 Å². The van der Waals surface area contributed by atoms with Gasteiger partial charge in [-0.2, -0.15) is 0 Å². The van der Waals surface area contributed by atoms with Crippen molar-refractivity contribution >= 4 is 44.2 Å². The maximum Gasteiger partial charge on any atom is 0.317 e. The smallest absolute Gasteiger partial charge is 0.317 e. The molecule has 3 heterocycles. The van der Waals surface area contributed by atoms with Gasteiger partial charge in [0.15, 0.2) is 0 Å². The first-order chi connectivity index (χ1) is 11.7. The number of benzene rings is 1. The van der Waals surface area contributed by atoms with Crippen molar-refractivity contribution < 1.29 is 4.79 Å².